The molecule has 0 unspecified atom stereocenters. The standard InChI is InChI=1S/C24H33FN2O2.C10H12O.C2H2/c1-3-27(21-9-7-10-22(18-21)28-2)19-20-11-12-24(23(25)17-20)29-16-8-15-26-13-5-4-6-14-26;11-10-6-5-8-3-1-2-4-9(8)7-10;1-2/h7,9-12,17-18H,3-6,8,13-16,19H2,1-2H3;5-7,11H,1-4H2;1-2H. The van der Waals surface area contributed by atoms with E-state index in [1.54, 1.807) is 25.3 Å². The van der Waals surface area contributed by atoms with Crippen LogP contribution < -0.4 is 14.4 Å². The van der Waals surface area contributed by atoms with Crippen LogP contribution in [0.2, 0.25) is 0 Å². The van der Waals surface area contributed by atoms with Crippen molar-refractivity contribution in [2.75, 3.05) is 44.8 Å². The number of hydrogen-bond acceptors (Lipinski definition) is 5. The second-order valence-corrected chi connectivity index (χ2v) is 10.7. The van der Waals surface area contributed by atoms with Crippen LogP contribution in [0.5, 0.6) is 17.2 Å². The number of phenolic OH excluding ortho intramolecular Hbond substituents is 1. The van der Waals surface area contributed by atoms with Gasteiger partial charge in [0.25, 0.3) is 0 Å². The minimum absolute atomic E-state index is 0.290. The van der Waals surface area contributed by atoms with Crippen molar-refractivity contribution >= 4 is 5.69 Å². The number of halogens is 1. The number of aromatic hydroxyl groups is 1. The van der Waals surface area contributed by atoms with E-state index in [-0.39, 0.29) is 5.82 Å². The fraction of sp³-hybridized carbons (Fsp3) is 0.444. The number of methoxy groups -OCH3 is 1. The van der Waals surface area contributed by atoms with Crippen molar-refractivity contribution in [1.29, 1.82) is 0 Å². The Balaban J connectivity index is 0.000000308. The van der Waals surface area contributed by atoms with Gasteiger partial charge in [-0.25, -0.2) is 4.39 Å². The Bertz CT molecular complexity index is 1240. The highest BCUT2D eigenvalue weighted by Crippen LogP contribution is 2.26. The number of benzene rings is 3. The zero-order chi connectivity index (χ0) is 30.2. The van der Waals surface area contributed by atoms with Crippen molar-refractivity contribution in [2.45, 2.75) is 64.8 Å². The predicted molar refractivity (Wildman–Crippen MR) is 171 cm³/mol. The first-order valence-electron chi connectivity index (χ1n) is 15.2. The maximum atomic E-state index is 14.5. The number of nitrogens with zero attached hydrogens (tertiary/aromatic N) is 2. The van der Waals surface area contributed by atoms with Crippen LogP contribution in [0.4, 0.5) is 10.1 Å². The number of likely N-dealkylation sites (tertiary alicyclic amines) is 1. The second kappa shape index (κ2) is 18.0. The summed E-state index contributed by atoms with van der Waals surface area (Å²) >= 11 is 0. The fourth-order valence-electron chi connectivity index (χ4n) is 5.55. The number of terminal acetylenes is 1. The van der Waals surface area contributed by atoms with Crippen LogP contribution in [0.3, 0.4) is 0 Å². The van der Waals surface area contributed by atoms with Crippen LogP contribution in [0.15, 0.2) is 60.7 Å². The molecule has 1 fully saturated rings. The summed E-state index contributed by atoms with van der Waals surface area (Å²) in [4.78, 5) is 4.67. The summed E-state index contributed by atoms with van der Waals surface area (Å²) in [5.74, 6) is 1.28. The molecule has 0 bridgehead atoms. The molecule has 42 heavy (non-hydrogen) atoms. The van der Waals surface area contributed by atoms with Crippen LogP contribution in [-0.4, -0.2) is 49.9 Å². The van der Waals surface area contributed by atoms with Crippen molar-refractivity contribution in [1.82, 2.24) is 4.90 Å². The van der Waals surface area contributed by atoms with Gasteiger partial charge in [0.1, 0.15) is 11.5 Å². The SMILES string of the molecule is C#C.CCN(Cc1ccc(OCCCN2CCCCC2)c(F)c1)c1cccc(OC)c1.Oc1ccc2c(c1)CCCC2. The van der Waals surface area contributed by atoms with Crippen molar-refractivity contribution < 1.29 is 19.0 Å². The summed E-state index contributed by atoms with van der Waals surface area (Å²) < 4.78 is 25.5. The third kappa shape index (κ3) is 10.3. The molecule has 0 spiro atoms. The first-order chi connectivity index (χ1) is 20.6. The van der Waals surface area contributed by atoms with E-state index >= 15 is 0 Å². The molecule has 5 nitrogen and oxygen atoms in total. The fourth-order valence-corrected chi connectivity index (χ4v) is 5.55. The van der Waals surface area contributed by atoms with Gasteiger partial charge in [0.2, 0.25) is 0 Å². The topological polar surface area (TPSA) is 45.2 Å². The molecule has 3 aromatic carbocycles. The molecule has 1 heterocycles. The maximum Gasteiger partial charge on any atom is 0.165 e. The molecule has 0 amide bonds. The highest BCUT2D eigenvalue weighted by Gasteiger charge is 2.12. The van der Waals surface area contributed by atoms with Gasteiger partial charge in [-0.1, -0.05) is 24.6 Å². The van der Waals surface area contributed by atoms with E-state index in [1.165, 1.54) is 62.7 Å². The van der Waals surface area contributed by atoms with E-state index in [2.05, 4.69) is 29.6 Å². The van der Waals surface area contributed by atoms with Crippen LogP contribution in [0.25, 0.3) is 0 Å². The Morgan fingerprint density at radius 3 is 2.38 bits per heavy atom. The molecule has 0 atom stereocenters. The first-order valence-corrected chi connectivity index (χ1v) is 15.2. The van der Waals surface area contributed by atoms with E-state index in [0.717, 1.165) is 42.9 Å². The van der Waals surface area contributed by atoms with Crippen LogP contribution in [-0.2, 0) is 19.4 Å². The molecule has 0 radical (unpaired) electrons. The van der Waals surface area contributed by atoms with Crippen LogP contribution >= 0.6 is 0 Å². The zero-order valence-electron chi connectivity index (χ0n) is 25.4. The van der Waals surface area contributed by atoms with E-state index in [9.17, 15) is 9.50 Å². The van der Waals surface area contributed by atoms with Gasteiger partial charge in [-0.15, -0.1) is 12.8 Å². The number of aryl methyl sites for hydroxylation is 2. The highest BCUT2D eigenvalue weighted by molar-refractivity contribution is 5.51. The van der Waals surface area contributed by atoms with Gasteiger partial charge in [0.15, 0.2) is 11.6 Å². The van der Waals surface area contributed by atoms with Gasteiger partial charge in [0, 0.05) is 31.4 Å². The Hall–Kier alpha value is -3.69. The Morgan fingerprint density at radius 1 is 0.905 bits per heavy atom. The number of piperidine rings is 1. The normalized spacial score (nSPS) is 14.3. The van der Waals surface area contributed by atoms with Crippen molar-refractivity contribution in [2.24, 2.45) is 0 Å². The highest BCUT2D eigenvalue weighted by atomic mass is 19.1. The van der Waals surface area contributed by atoms with E-state index in [0.29, 0.717) is 24.7 Å². The quantitative estimate of drug-likeness (QED) is 0.199. The van der Waals surface area contributed by atoms with Gasteiger partial charge in [-0.3, -0.25) is 0 Å². The molecule has 1 aliphatic carbocycles. The summed E-state index contributed by atoms with van der Waals surface area (Å²) in [5, 5.41) is 9.19. The monoisotopic (exact) mass is 574 g/mol. The van der Waals surface area contributed by atoms with E-state index in [1.807, 2.05) is 42.5 Å². The molecule has 1 aliphatic heterocycles. The lowest BCUT2D eigenvalue weighted by Gasteiger charge is -2.26. The lowest BCUT2D eigenvalue weighted by Crippen LogP contribution is -2.31. The molecule has 6 heteroatoms. The second-order valence-electron chi connectivity index (χ2n) is 10.7. The van der Waals surface area contributed by atoms with Crippen LogP contribution in [0.1, 0.15) is 62.1 Å². The summed E-state index contributed by atoms with van der Waals surface area (Å²) in [5.41, 5.74) is 4.75. The first kappa shape index (κ1) is 32.8. The third-order valence-electron chi connectivity index (χ3n) is 7.83. The molecule has 0 saturated carbocycles. The number of fused-ring (bicyclic) bond motifs is 1. The van der Waals surface area contributed by atoms with Gasteiger partial charge in [-0.2, -0.15) is 0 Å². The van der Waals surface area contributed by atoms with Gasteiger partial charge < -0.3 is 24.4 Å². The Morgan fingerprint density at radius 2 is 1.67 bits per heavy atom. The zero-order valence-corrected chi connectivity index (χ0v) is 25.4. The van der Waals surface area contributed by atoms with E-state index < -0.39 is 0 Å². The van der Waals surface area contributed by atoms with Crippen molar-refractivity contribution in [3.8, 4) is 30.1 Å². The summed E-state index contributed by atoms with van der Waals surface area (Å²) in [6.45, 7) is 7.51. The van der Waals surface area contributed by atoms with Crippen molar-refractivity contribution in [3.05, 3.63) is 83.2 Å². The summed E-state index contributed by atoms with van der Waals surface area (Å²) in [7, 11) is 1.66. The lowest BCUT2D eigenvalue weighted by molar-refractivity contribution is 0.203. The Labute approximate surface area is 252 Å². The average Bonchev–Trinajstić information content (AvgIpc) is 3.04. The lowest BCUT2D eigenvalue weighted by atomic mass is 9.92. The average molecular weight is 575 g/mol. The molecular weight excluding hydrogens is 527 g/mol. The minimum atomic E-state index is -0.290. The van der Waals surface area contributed by atoms with E-state index in [4.69, 9.17) is 9.47 Å². The predicted octanol–water partition coefficient (Wildman–Crippen LogP) is 7.64. The van der Waals surface area contributed by atoms with Gasteiger partial charge >= 0.3 is 0 Å². The molecule has 1 N–H and O–H groups in total. The number of ether oxygens (including phenoxy) is 2. The largest absolute Gasteiger partial charge is 0.508 e. The Kier molecular flexibility index (Phi) is 14.0. The van der Waals surface area contributed by atoms with Gasteiger partial charge in [-0.05, 0) is 118 Å². The number of rotatable bonds is 10. The molecule has 0 aromatic heterocycles. The molecule has 3 aromatic rings. The molecule has 226 valence electrons. The smallest absolute Gasteiger partial charge is 0.165 e. The van der Waals surface area contributed by atoms with Gasteiger partial charge in [0.05, 0.1) is 13.7 Å². The molecule has 2 aliphatic rings. The number of hydrogen-bond donors (Lipinski definition) is 1. The van der Waals surface area contributed by atoms with Crippen LogP contribution in [0, 0.1) is 18.7 Å². The van der Waals surface area contributed by atoms with Crippen molar-refractivity contribution in [3.63, 3.8) is 0 Å². The summed E-state index contributed by atoms with van der Waals surface area (Å²) in [6.07, 6.45) is 17.8. The third-order valence-corrected chi connectivity index (χ3v) is 7.83. The number of phenols is 1. The number of anilines is 1. The molecular formula is C36H47FN2O3. The maximum absolute atomic E-state index is 14.5. The minimum Gasteiger partial charge on any atom is -0.508 e. The molecule has 1 saturated heterocycles. The molecule has 5 rings (SSSR count). The summed E-state index contributed by atoms with van der Waals surface area (Å²) in [6, 6.07) is 19.0.